The maximum atomic E-state index is 13.0. The molecule has 0 aromatic carbocycles. The van der Waals surface area contributed by atoms with Gasteiger partial charge in [0, 0.05) is 23.8 Å². The number of anilines is 1. The number of nitrogens with one attached hydrogen (secondary N) is 3. The molecule has 3 aromatic heterocycles. The fraction of sp³-hybridized carbons (Fsp3) is 0.478. The topological polar surface area (TPSA) is 103 Å². The number of hydrogen-bond acceptors (Lipinski definition) is 5. The third-order valence-corrected chi connectivity index (χ3v) is 7.39. The van der Waals surface area contributed by atoms with Crippen molar-refractivity contribution in [1.82, 2.24) is 15.3 Å². The first-order chi connectivity index (χ1) is 14.6. The molecule has 0 aliphatic heterocycles. The van der Waals surface area contributed by atoms with Gasteiger partial charge in [-0.05, 0) is 68.1 Å². The molecule has 156 valence electrons. The van der Waals surface area contributed by atoms with Crippen molar-refractivity contribution >= 4 is 22.6 Å². The number of pyridine rings is 1. The van der Waals surface area contributed by atoms with Gasteiger partial charge in [-0.1, -0.05) is 0 Å². The van der Waals surface area contributed by atoms with E-state index < -0.39 is 5.60 Å². The van der Waals surface area contributed by atoms with Gasteiger partial charge in [-0.3, -0.25) is 4.79 Å². The molecule has 4 saturated carbocycles. The van der Waals surface area contributed by atoms with E-state index in [4.69, 9.17) is 4.42 Å². The standard InChI is InChI=1S/C23H26N4O3/c28-22(26-11-16-2-1-5-30-16)18-12-25-21-17(3-4-24-21)20(18)27-19-14-6-13-7-15(19)10-23(29,8-13)9-14/h1-5,12-15,19,29H,6-11H2,(H,26,28)(H2,24,25,27). The van der Waals surface area contributed by atoms with Crippen molar-refractivity contribution in [2.75, 3.05) is 5.32 Å². The number of carbonyl (C=O) groups excluding carboxylic acids is 1. The summed E-state index contributed by atoms with van der Waals surface area (Å²) in [6.07, 6.45) is 10.1. The van der Waals surface area contributed by atoms with Crippen LogP contribution >= 0.6 is 0 Å². The molecule has 7 nitrogen and oxygen atoms in total. The van der Waals surface area contributed by atoms with Crippen molar-refractivity contribution in [1.29, 1.82) is 0 Å². The number of furan rings is 1. The van der Waals surface area contributed by atoms with Crippen LogP contribution in [0.15, 0.2) is 41.3 Å². The molecule has 2 unspecified atom stereocenters. The minimum absolute atomic E-state index is 0.174. The molecule has 4 aliphatic carbocycles. The normalized spacial score (nSPS) is 31.9. The van der Waals surface area contributed by atoms with E-state index in [1.165, 1.54) is 0 Å². The zero-order valence-corrected chi connectivity index (χ0v) is 16.7. The Morgan fingerprint density at radius 3 is 2.83 bits per heavy atom. The molecule has 4 bridgehead atoms. The van der Waals surface area contributed by atoms with Crippen LogP contribution in [-0.2, 0) is 6.54 Å². The van der Waals surface area contributed by atoms with Crippen LogP contribution in [0.1, 0.15) is 48.2 Å². The van der Waals surface area contributed by atoms with Gasteiger partial charge in [-0.2, -0.15) is 0 Å². The third-order valence-electron chi connectivity index (χ3n) is 7.39. The molecular weight excluding hydrogens is 380 g/mol. The Hall–Kier alpha value is -2.80. The monoisotopic (exact) mass is 406 g/mol. The molecule has 4 aliphatic rings. The predicted molar refractivity (Wildman–Crippen MR) is 112 cm³/mol. The molecule has 0 saturated heterocycles. The maximum Gasteiger partial charge on any atom is 0.255 e. The number of aromatic amines is 1. The lowest BCUT2D eigenvalue weighted by Gasteiger charge is -2.58. The average molecular weight is 406 g/mol. The Labute approximate surface area is 174 Å². The molecule has 0 spiro atoms. The van der Waals surface area contributed by atoms with Gasteiger partial charge in [0.2, 0.25) is 0 Å². The lowest BCUT2D eigenvalue weighted by atomic mass is 9.52. The Morgan fingerprint density at radius 1 is 1.27 bits per heavy atom. The Morgan fingerprint density at radius 2 is 2.10 bits per heavy atom. The highest BCUT2D eigenvalue weighted by atomic mass is 16.3. The number of carbonyl (C=O) groups is 1. The SMILES string of the molecule is O=C(NCc1ccco1)c1cnc2[nH]ccc2c1NC1C2CC3CC1CC(O)(C3)C2. The van der Waals surface area contributed by atoms with Crippen molar-refractivity contribution in [3.63, 3.8) is 0 Å². The van der Waals surface area contributed by atoms with Gasteiger partial charge >= 0.3 is 0 Å². The van der Waals surface area contributed by atoms with Crippen molar-refractivity contribution in [3.8, 4) is 0 Å². The van der Waals surface area contributed by atoms with Crippen molar-refractivity contribution in [2.24, 2.45) is 17.8 Å². The Balaban J connectivity index is 1.31. The number of H-pyrrole nitrogens is 1. The highest BCUT2D eigenvalue weighted by Gasteiger charge is 2.54. The van der Waals surface area contributed by atoms with Gasteiger partial charge in [0.05, 0.1) is 29.7 Å². The van der Waals surface area contributed by atoms with Gasteiger partial charge in [0.15, 0.2) is 0 Å². The van der Waals surface area contributed by atoms with Crippen molar-refractivity contribution < 1.29 is 14.3 Å². The van der Waals surface area contributed by atoms with E-state index in [-0.39, 0.29) is 11.9 Å². The van der Waals surface area contributed by atoms with E-state index >= 15 is 0 Å². The van der Waals surface area contributed by atoms with Crippen molar-refractivity contribution in [2.45, 2.75) is 50.3 Å². The van der Waals surface area contributed by atoms with Gasteiger partial charge in [0.1, 0.15) is 11.4 Å². The first kappa shape index (κ1) is 18.0. The third kappa shape index (κ3) is 2.91. The van der Waals surface area contributed by atoms with E-state index in [0.29, 0.717) is 35.6 Å². The maximum absolute atomic E-state index is 13.0. The number of rotatable bonds is 5. The number of nitrogens with zero attached hydrogens (tertiary/aromatic N) is 1. The van der Waals surface area contributed by atoms with Crippen LogP contribution in [0, 0.1) is 17.8 Å². The summed E-state index contributed by atoms with van der Waals surface area (Å²) < 4.78 is 5.33. The van der Waals surface area contributed by atoms with E-state index in [1.54, 1.807) is 12.5 Å². The summed E-state index contributed by atoms with van der Waals surface area (Å²) in [4.78, 5) is 20.6. The second-order valence-corrected chi connectivity index (χ2v) is 9.41. The quantitative estimate of drug-likeness (QED) is 0.520. The molecule has 0 radical (unpaired) electrons. The first-order valence-electron chi connectivity index (χ1n) is 10.8. The molecule has 2 atom stereocenters. The van der Waals surface area contributed by atoms with Crippen LogP contribution in [0.25, 0.3) is 11.0 Å². The molecule has 30 heavy (non-hydrogen) atoms. The smallest absolute Gasteiger partial charge is 0.255 e. The van der Waals surface area contributed by atoms with Gasteiger partial charge in [-0.25, -0.2) is 4.98 Å². The summed E-state index contributed by atoms with van der Waals surface area (Å²) in [7, 11) is 0. The number of hydrogen-bond donors (Lipinski definition) is 4. The molecule has 3 aromatic rings. The number of fused-ring (bicyclic) bond motifs is 1. The van der Waals surface area contributed by atoms with E-state index in [9.17, 15) is 9.90 Å². The van der Waals surface area contributed by atoms with Crippen LogP contribution in [0.3, 0.4) is 0 Å². The largest absolute Gasteiger partial charge is 0.467 e. The van der Waals surface area contributed by atoms with Crippen LogP contribution in [0.2, 0.25) is 0 Å². The molecule has 7 heteroatoms. The van der Waals surface area contributed by atoms with E-state index in [1.807, 2.05) is 24.4 Å². The van der Waals surface area contributed by atoms with Crippen LogP contribution in [0.5, 0.6) is 0 Å². The van der Waals surface area contributed by atoms with Gasteiger partial charge in [-0.15, -0.1) is 0 Å². The van der Waals surface area contributed by atoms with Crippen LogP contribution < -0.4 is 10.6 Å². The van der Waals surface area contributed by atoms with E-state index in [2.05, 4.69) is 20.6 Å². The second kappa shape index (κ2) is 6.60. The average Bonchev–Trinajstić information content (AvgIpc) is 3.39. The summed E-state index contributed by atoms with van der Waals surface area (Å²) in [5.41, 5.74) is 1.67. The number of aliphatic hydroxyl groups is 1. The molecule has 1 amide bonds. The Bertz CT molecular complexity index is 1070. The lowest BCUT2D eigenvalue weighted by Crippen LogP contribution is -2.59. The summed E-state index contributed by atoms with van der Waals surface area (Å²) in [5, 5.41) is 18.5. The first-order valence-corrected chi connectivity index (χ1v) is 10.8. The van der Waals surface area contributed by atoms with Gasteiger partial charge in [0.25, 0.3) is 5.91 Å². The van der Waals surface area contributed by atoms with Crippen LogP contribution in [-0.4, -0.2) is 32.6 Å². The number of amides is 1. The highest BCUT2D eigenvalue weighted by Crippen LogP contribution is 2.56. The summed E-state index contributed by atoms with van der Waals surface area (Å²) in [6.45, 7) is 0.333. The fourth-order valence-electron chi connectivity index (χ4n) is 6.40. The molecule has 3 heterocycles. The van der Waals surface area contributed by atoms with E-state index in [0.717, 1.165) is 48.8 Å². The predicted octanol–water partition coefficient (Wildman–Crippen LogP) is 3.44. The highest BCUT2D eigenvalue weighted by molar-refractivity contribution is 6.06. The minimum Gasteiger partial charge on any atom is -0.467 e. The fourth-order valence-corrected chi connectivity index (χ4v) is 6.40. The van der Waals surface area contributed by atoms with Crippen molar-refractivity contribution in [3.05, 3.63) is 48.2 Å². The Kier molecular flexibility index (Phi) is 3.96. The lowest BCUT2D eigenvalue weighted by molar-refractivity contribution is -0.129. The molecule has 4 fully saturated rings. The molecular formula is C23H26N4O3. The molecule has 7 rings (SSSR count). The number of aromatic nitrogens is 2. The van der Waals surface area contributed by atoms with Gasteiger partial charge < -0.3 is 25.1 Å². The summed E-state index contributed by atoms with van der Waals surface area (Å²) >= 11 is 0. The zero-order valence-electron chi connectivity index (χ0n) is 16.7. The zero-order chi connectivity index (χ0) is 20.3. The summed E-state index contributed by atoms with van der Waals surface area (Å²) in [6, 6.07) is 5.89. The molecule has 4 N–H and O–H groups in total. The summed E-state index contributed by atoms with van der Waals surface area (Å²) in [5.74, 6) is 2.07. The minimum atomic E-state index is -0.473. The van der Waals surface area contributed by atoms with Crippen LogP contribution in [0.4, 0.5) is 5.69 Å². The second-order valence-electron chi connectivity index (χ2n) is 9.41.